The molecule has 2 unspecified atom stereocenters. The van der Waals surface area contributed by atoms with Crippen molar-refractivity contribution in [2.24, 2.45) is 5.41 Å². The number of piperidine rings is 1. The number of ketones is 1. The molecule has 2 atom stereocenters. The Balaban J connectivity index is 1.46. The summed E-state index contributed by atoms with van der Waals surface area (Å²) < 4.78 is 0. The van der Waals surface area contributed by atoms with Crippen LogP contribution >= 0.6 is 0 Å². The number of hydrogen-bond donors (Lipinski definition) is 1. The number of pyridine rings is 1. The quantitative estimate of drug-likeness (QED) is 0.401. The molecular formula is C34H38N4O2. The van der Waals surface area contributed by atoms with Crippen LogP contribution in [0.4, 0.5) is 11.4 Å². The van der Waals surface area contributed by atoms with Gasteiger partial charge >= 0.3 is 0 Å². The van der Waals surface area contributed by atoms with Crippen molar-refractivity contribution in [2.45, 2.75) is 65.0 Å². The zero-order valence-electron chi connectivity index (χ0n) is 23.7. The molecule has 1 fully saturated rings. The van der Waals surface area contributed by atoms with Crippen molar-refractivity contribution in [2.75, 3.05) is 23.3 Å². The summed E-state index contributed by atoms with van der Waals surface area (Å²) in [5.41, 5.74) is 6.43. The highest BCUT2D eigenvalue weighted by molar-refractivity contribution is 6.06. The van der Waals surface area contributed by atoms with Crippen LogP contribution in [0.25, 0.3) is 0 Å². The second kappa shape index (κ2) is 10.7. The number of carbonyl (C=O) groups excluding carboxylic acids is 2. The smallest absolute Gasteiger partial charge is 0.242 e. The Morgan fingerprint density at radius 3 is 2.58 bits per heavy atom. The number of nitrogens with one attached hydrogen (secondary N) is 1. The molecule has 3 heterocycles. The van der Waals surface area contributed by atoms with E-state index in [1.807, 2.05) is 41.4 Å². The number of likely N-dealkylation sites (tertiary alicyclic amines) is 1. The van der Waals surface area contributed by atoms with Gasteiger partial charge in [-0.05, 0) is 67.5 Å². The number of fused-ring (bicyclic) bond motifs is 1. The fraction of sp³-hybridized carbons (Fsp3) is 0.382. The van der Waals surface area contributed by atoms with E-state index in [4.69, 9.17) is 0 Å². The summed E-state index contributed by atoms with van der Waals surface area (Å²) in [6.45, 7) is 7.48. The summed E-state index contributed by atoms with van der Waals surface area (Å²) >= 11 is 0. The number of carbonyl (C=O) groups is 2. The molecule has 3 aromatic rings. The minimum Gasteiger partial charge on any atom is -0.357 e. The van der Waals surface area contributed by atoms with Gasteiger partial charge in [-0.1, -0.05) is 68.3 Å². The average Bonchev–Trinajstić information content (AvgIpc) is 3.08. The van der Waals surface area contributed by atoms with E-state index in [0.717, 1.165) is 71.6 Å². The number of aromatic nitrogens is 1. The van der Waals surface area contributed by atoms with Crippen molar-refractivity contribution < 1.29 is 9.59 Å². The van der Waals surface area contributed by atoms with Gasteiger partial charge in [-0.3, -0.25) is 24.4 Å². The van der Waals surface area contributed by atoms with Crippen LogP contribution in [0.15, 0.2) is 84.3 Å². The van der Waals surface area contributed by atoms with Gasteiger partial charge in [0.1, 0.15) is 0 Å². The first-order valence-corrected chi connectivity index (χ1v) is 14.5. The first-order chi connectivity index (χ1) is 19.3. The van der Waals surface area contributed by atoms with Crippen molar-refractivity contribution in [1.82, 2.24) is 9.88 Å². The number of anilines is 2. The topological polar surface area (TPSA) is 65.5 Å². The third kappa shape index (κ3) is 5.08. The highest BCUT2D eigenvalue weighted by Crippen LogP contribution is 2.48. The Morgan fingerprint density at radius 2 is 1.80 bits per heavy atom. The van der Waals surface area contributed by atoms with E-state index in [-0.39, 0.29) is 29.7 Å². The summed E-state index contributed by atoms with van der Waals surface area (Å²) in [7, 11) is 0. The Hall–Kier alpha value is -3.77. The number of aryl methyl sites for hydroxylation is 1. The van der Waals surface area contributed by atoms with E-state index >= 15 is 0 Å². The monoisotopic (exact) mass is 534 g/mol. The Labute approximate surface area is 237 Å². The van der Waals surface area contributed by atoms with Crippen LogP contribution in [0.2, 0.25) is 0 Å². The number of rotatable bonds is 4. The van der Waals surface area contributed by atoms with Gasteiger partial charge in [-0.25, -0.2) is 0 Å². The lowest BCUT2D eigenvalue weighted by molar-refractivity contribution is -0.121. The maximum absolute atomic E-state index is 14.6. The van der Waals surface area contributed by atoms with E-state index < -0.39 is 6.04 Å². The number of Topliss-reactive ketones (excluding diaryl/α,β-unsaturated/α-hetero) is 1. The molecule has 2 aliphatic heterocycles. The van der Waals surface area contributed by atoms with Crippen LogP contribution in [0.3, 0.4) is 0 Å². The Kier molecular flexibility index (Phi) is 7.05. The minimum atomic E-state index is -0.496. The summed E-state index contributed by atoms with van der Waals surface area (Å²) in [4.78, 5) is 37.1. The van der Waals surface area contributed by atoms with E-state index in [1.54, 1.807) is 6.20 Å². The lowest BCUT2D eigenvalue weighted by atomic mass is 9.73. The zero-order chi connectivity index (χ0) is 27.9. The van der Waals surface area contributed by atoms with Gasteiger partial charge in [0.2, 0.25) is 5.91 Å². The molecule has 6 heteroatoms. The molecule has 0 spiro atoms. The van der Waals surface area contributed by atoms with E-state index in [1.165, 1.54) is 0 Å². The third-order valence-corrected chi connectivity index (χ3v) is 8.58. The van der Waals surface area contributed by atoms with Crippen LogP contribution in [-0.4, -0.2) is 34.7 Å². The molecule has 2 aromatic carbocycles. The fourth-order valence-corrected chi connectivity index (χ4v) is 6.71. The lowest BCUT2D eigenvalue weighted by Gasteiger charge is -2.40. The molecule has 1 saturated heterocycles. The molecule has 3 aliphatic rings. The molecule has 1 amide bonds. The van der Waals surface area contributed by atoms with Gasteiger partial charge in [0.05, 0.1) is 24.0 Å². The molecular weight excluding hydrogens is 496 g/mol. The SMILES string of the molecule is Cc1ccc(C2C3=C(CC(C)(C)CC3=O)Nc3ccccc3N2C(=O)CN2CCCCC2c2cccnc2)cc1. The molecule has 0 saturated carbocycles. The highest BCUT2D eigenvalue weighted by atomic mass is 16.2. The summed E-state index contributed by atoms with van der Waals surface area (Å²) in [5.74, 6) is 0.114. The van der Waals surface area contributed by atoms with Crippen molar-refractivity contribution >= 4 is 23.1 Å². The molecule has 0 radical (unpaired) electrons. The van der Waals surface area contributed by atoms with Crippen LogP contribution in [0, 0.1) is 12.3 Å². The average molecular weight is 535 g/mol. The van der Waals surface area contributed by atoms with Crippen LogP contribution in [-0.2, 0) is 9.59 Å². The normalized spacial score (nSPS) is 22.7. The van der Waals surface area contributed by atoms with Gasteiger partial charge in [0, 0.05) is 36.1 Å². The van der Waals surface area contributed by atoms with Crippen molar-refractivity contribution in [1.29, 1.82) is 0 Å². The van der Waals surface area contributed by atoms with Gasteiger partial charge in [-0.2, -0.15) is 0 Å². The van der Waals surface area contributed by atoms with Crippen molar-refractivity contribution in [3.63, 3.8) is 0 Å². The van der Waals surface area contributed by atoms with Crippen molar-refractivity contribution in [3.8, 4) is 0 Å². The molecule has 1 N–H and O–H groups in total. The van der Waals surface area contributed by atoms with Crippen molar-refractivity contribution in [3.05, 3.63) is 101 Å². The van der Waals surface area contributed by atoms with Gasteiger partial charge in [-0.15, -0.1) is 0 Å². The second-order valence-corrected chi connectivity index (χ2v) is 12.3. The number of allylic oxidation sites excluding steroid dienone is 1. The number of para-hydroxylation sites is 2. The predicted molar refractivity (Wildman–Crippen MR) is 159 cm³/mol. The van der Waals surface area contributed by atoms with Crippen LogP contribution in [0.5, 0.6) is 0 Å². The zero-order valence-corrected chi connectivity index (χ0v) is 23.7. The molecule has 206 valence electrons. The summed E-state index contributed by atoms with van der Waals surface area (Å²) in [5, 5.41) is 3.62. The lowest BCUT2D eigenvalue weighted by Crippen LogP contribution is -2.46. The minimum absolute atomic E-state index is 0.00185. The number of nitrogens with zero attached hydrogens (tertiary/aromatic N) is 3. The first kappa shape index (κ1) is 26.5. The standard InChI is InChI=1S/C34H38N4O2/c1-23-13-15-24(16-14-23)33-32-27(19-34(2,3)20-30(32)39)36-26-10-4-5-12-29(26)38(33)31(40)22-37-18-7-6-11-28(37)25-9-8-17-35-21-25/h4-5,8-10,12-17,21,28,33,36H,6-7,11,18-20,22H2,1-3H3. The highest BCUT2D eigenvalue weighted by Gasteiger charge is 2.43. The van der Waals surface area contributed by atoms with Crippen LogP contribution < -0.4 is 10.2 Å². The fourth-order valence-electron chi connectivity index (χ4n) is 6.71. The first-order valence-electron chi connectivity index (χ1n) is 14.5. The van der Waals surface area contributed by atoms with E-state index in [2.05, 4.69) is 66.3 Å². The van der Waals surface area contributed by atoms with Crippen LogP contribution in [0.1, 0.15) is 74.7 Å². The molecule has 6 nitrogen and oxygen atoms in total. The van der Waals surface area contributed by atoms with Gasteiger partial charge in [0.15, 0.2) is 5.78 Å². The molecule has 6 rings (SSSR count). The molecule has 1 aliphatic carbocycles. The molecule has 1 aromatic heterocycles. The number of amides is 1. The van der Waals surface area contributed by atoms with Gasteiger partial charge < -0.3 is 5.32 Å². The van der Waals surface area contributed by atoms with E-state index in [0.29, 0.717) is 6.42 Å². The van der Waals surface area contributed by atoms with E-state index in [9.17, 15) is 9.59 Å². The molecule has 40 heavy (non-hydrogen) atoms. The molecule has 0 bridgehead atoms. The Bertz CT molecular complexity index is 1440. The maximum atomic E-state index is 14.6. The second-order valence-electron chi connectivity index (χ2n) is 12.3. The summed E-state index contributed by atoms with van der Waals surface area (Å²) in [6.07, 6.45) is 8.13. The number of benzene rings is 2. The Morgan fingerprint density at radius 1 is 1.00 bits per heavy atom. The predicted octanol–water partition coefficient (Wildman–Crippen LogP) is 6.76. The largest absolute Gasteiger partial charge is 0.357 e. The summed E-state index contributed by atoms with van der Waals surface area (Å²) in [6, 6.07) is 20.0. The number of hydrogen-bond acceptors (Lipinski definition) is 5. The third-order valence-electron chi connectivity index (χ3n) is 8.58. The maximum Gasteiger partial charge on any atom is 0.242 e. The van der Waals surface area contributed by atoms with Gasteiger partial charge in [0.25, 0.3) is 0 Å².